The van der Waals surface area contributed by atoms with Crippen molar-refractivity contribution in [2.24, 2.45) is 0 Å². The molecule has 1 atom stereocenters. The summed E-state index contributed by atoms with van der Waals surface area (Å²) in [4.78, 5) is 11.0. The maximum absolute atomic E-state index is 11.0. The molecule has 3 nitrogen and oxygen atoms in total. The van der Waals surface area contributed by atoms with Crippen LogP contribution in [0.15, 0.2) is 24.3 Å². The van der Waals surface area contributed by atoms with Gasteiger partial charge in [-0.3, -0.25) is 0 Å². The van der Waals surface area contributed by atoms with Crippen LogP contribution in [0.3, 0.4) is 0 Å². The molecule has 0 spiro atoms. The van der Waals surface area contributed by atoms with Gasteiger partial charge >= 0.3 is 5.97 Å². The molecular formula is C10H16O3. The number of aliphatic hydroxyl groups excluding tert-OH is 1. The average molecular weight is 184 g/mol. The molecular weight excluding hydrogens is 168 g/mol. The largest absolute Gasteiger partial charge is 0.457 e. The molecule has 0 radical (unpaired) electrons. The lowest BCUT2D eigenvalue weighted by molar-refractivity contribution is -0.145. The van der Waals surface area contributed by atoms with Crippen LogP contribution in [-0.4, -0.2) is 23.8 Å². The fourth-order valence-electron chi connectivity index (χ4n) is 0.698. The maximum atomic E-state index is 11.0. The molecule has 0 aliphatic rings. The van der Waals surface area contributed by atoms with E-state index in [0.29, 0.717) is 6.42 Å². The van der Waals surface area contributed by atoms with Gasteiger partial charge < -0.3 is 9.84 Å². The predicted molar refractivity (Wildman–Crippen MR) is 51.2 cm³/mol. The predicted octanol–water partition coefficient (Wildman–Crippen LogP) is 1.43. The van der Waals surface area contributed by atoms with Crippen molar-refractivity contribution in [3.05, 3.63) is 24.3 Å². The Morgan fingerprint density at radius 3 is 2.69 bits per heavy atom. The monoisotopic (exact) mass is 184 g/mol. The van der Waals surface area contributed by atoms with E-state index in [9.17, 15) is 4.79 Å². The molecule has 13 heavy (non-hydrogen) atoms. The summed E-state index contributed by atoms with van der Waals surface area (Å²) in [7, 11) is 0. The molecule has 1 N–H and O–H groups in total. The topological polar surface area (TPSA) is 46.5 Å². The van der Waals surface area contributed by atoms with Gasteiger partial charge in [0.05, 0.1) is 6.61 Å². The average Bonchev–Trinajstić information content (AvgIpc) is 2.14. The Morgan fingerprint density at radius 1 is 1.54 bits per heavy atom. The third-order valence-electron chi connectivity index (χ3n) is 1.48. The van der Waals surface area contributed by atoms with E-state index >= 15 is 0 Å². The van der Waals surface area contributed by atoms with Gasteiger partial charge in [-0.1, -0.05) is 25.2 Å². The standard InChI is InChI=1S/C10H16O3/c1-3-5-6-7-10(12)13-9(4-2)8-11/h3,5-7,9,11H,4,8H2,1-2H3/b5-3+,7-6+. The number of carbonyl (C=O) groups is 1. The van der Waals surface area contributed by atoms with Crippen LogP contribution >= 0.6 is 0 Å². The van der Waals surface area contributed by atoms with E-state index in [4.69, 9.17) is 9.84 Å². The Labute approximate surface area is 78.7 Å². The van der Waals surface area contributed by atoms with E-state index in [-0.39, 0.29) is 12.7 Å². The summed E-state index contributed by atoms with van der Waals surface area (Å²) >= 11 is 0. The van der Waals surface area contributed by atoms with Crippen LogP contribution < -0.4 is 0 Å². The molecule has 0 aliphatic carbocycles. The number of ether oxygens (including phenoxy) is 1. The molecule has 0 aliphatic heterocycles. The van der Waals surface area contributed by atoms with E-state index < -0.39 is 5.97 Å². The third-order valence-corrected chi connectivity index (χ3v) is 1.48. The lowest BCUT2D eigenvalue weighted by Gasteiger charge is -2.10. The molecule has 0 aromatic carbocycles. The highest BCUT2D eigenvalue weighted by Crippen LogP contribution is 1.97. The molecule has 0 fully saturated rings. The Bertz CT molecular complexity index is 190. The molecule has 0 amide bonds. The molecule has 0 bridgehead atoms. The molecule has 74 valence electrons. The van der Waals surface area contributed by atoms with Crippen LogP contribution in [-0.2, 0) is 9.53 Å². The van der Waals surface area contributed by atoms with Crippen LogP contribution in [0.4, 0.5) is 0 Å². The first kappa shape index (κ1) is 11.9. The number of rotatable bonds is 5. The molecule has 0 rings (SSSR count). The summed E-state index contributed by atoms with van der Waals surface area (Å²) in [5, 5.41) is 8.73. The van der Waals surface area contributed by atoms with Gasteiger partial charge in [0.1, 0.15) is 6.10 Å². The highest BCUT2D eigenvalue weighted by Gasteiger charge is 2.07. The Kier molecular flexibility index (Phi) is 6.92. The Hall–Kier alpha value is -1.09. The zero-order valence-corrected chi connectivity index (χ0v) is 8.06. The van der Waals surface area contributed by atoms with E-state index in [2.05, 4.69) is 0 Å². The third kappa shape index (κ3) is 6.11. The molecule has 0 saturated carbocycles. The fraction of sp³-hybridized carbons (Fsp3) is 0.500. The smallest absolute Gasteiger partial charge is 0.331 e. The summed E-state index contributed by atoms with van der Waals surface area (Å²) in [6.07, 6.45) is 6.72. The van der Waals surface area contributed by atoms with Gasteiger partial charge in [-0.15, -0.1) is 0 Å². The first-order valence-electron chi connectivity index (χ1n) is 4.35. The zero-order chi connectivity index (χ0) is 10.1. The van der Waals surface area contributed by atoms with Gasteiger partial charge in [-0.2, -0.15) is 0 Å². The van der Waals surface area contributed by atoms with E-state index in [1.807, 2.05) is 19.9 Å². The minimum atomic E-state index is -0.418. The van der Waals surface area contributed by atoms with Gasteiger partial charge in [0.2, 0.25) is 0 Å². The maximum Gasteiger partial charge on any atom is 0.331 e. The van der Waals surface area contributed by atoms with Gasteiger partial charge in [0, 0.05) is 6.08 Å². The van der Waals surface area contributed by atoms with Crippen molar-refractivity contribution in [2.45, 2.75) is 26.4 Å². The van der Waals surface area contributed by atoms with Crippen LogP contribution in [0.5, 0.6) is 0 Å². The first-order valence-corrected chi connectivity index (χ1v) is 4.35. The van der Waals surface area contributed by atoms with E-state index in [0.717, 1.165) is 0 Å². The number of allylic oxidation sites excluding steroid dienone is 3. The van der Waals surface area contributed by atoms with Crippen molar-refractivity contribution in [2.75, 3.05) is 6.61 Å². The summed E-state index contributed by atoms with van der Waals surface area (Å²) in [5.41, 5.74) is 0. The van der Waals surface area contributed by atoms with Crippen LogP contribution in [0.2, 0.25) is 0 Å². The quantitative estimate of drug-likeness (QED) is 0.399. The van der Waals surface area contributed by atoms with Gasteiger partial charge in [-0.05, 0) is 13.3 Å². The Morgan fingerprint density at radius 2 is 2.23 bits per heavy atom. The highest BCUT2D eigenvalue weighted by molar-refractivity contribution is 5.82. The Balaban J connectivity index is 3.85. The van der Waals surface area contributed by atoms with Crippen molar-refractivity contribution in [3.63, 3.8) is 0 Å². The van der Waals surface area contributed by atoms with Crippen molar-refractivity contribution in [3.8, 4) is 0 Å². The number of carbonyl (C=O) groups excluding carboxylic acids is 1. The van der Waals surface area contributed by atoms with Crippen LogP contribution in [0.1, 0.15) is 20.3 Å². The van der Waals surface area contributed by atoms with E-state index in [1.165, 1.54) is 6.08 Å². The van der Waals surface area contributed by atoms with Gasteiger partial charge in [-0.25, -0.2) is 4.79 Å². The van der Waals surface area contributed by atoms with Gasteiger partial charge in [0.25, 0.3) is 0 Å². The van der Waals surface area contributed by atoms with Crippen molar-refractivity contribution >= 4 is 5.97 Å². The summed E-state index contributed by atoms with van der Waals surface area (Å²) in [6.45, 7) is 3.59. The fourth-order valence-corrected chi connectivity index (χ4v) is 0.698. The van der Waals surface area contributed by atoms with Crippen molar-refractivity contribution in [1.29, 1.82) is 0 Å². The molecule has 1 unspecified atom stereocenters. The highest BCUT2D eigenvalue weighted by atomic mass is 16.5. The van der Waals surface area contributed by atoms with Crippen LogP contribution in [0.25, 0.3) is 0 Å². The van der Waals surface area contributed by atoms with Gasteiger partial charge in [0.15, 0.2) is 0 Å². The van der Waals surface area contributed by atoms with Crippen LogP contribution in [0, 0.1) is 0 Å². The lowest BCUT2D eigenvalue weighted by Crippen LogP contribution is -2.19. The van der Waals surface area contributed by atoms with E-state index in [1.54, 1.807) is 12.2 Å². The minimum absolute atomic E-state index is 0.125. The first-order chi connectivity index (χ1) is 6.24. The summed E-state index contributed by atoms with van der Waals surface area (Å²) in [5.74, 6) is -0.418. The number of hydrogen-bond acceptors (Lipinski definition) is 3. The number of aliphatic hydroxyl groups is 1. The second kappa shape index (κ2) is 7.55. The molecule has 0 saturated heterocycles. The lowest BCUT2D eigenvalue weighted by atomic mass is 10.3. The SMILES string of the molecule is C/C=C/C=C/C(=O)OC(CC)CO. The molecule has 0 aromatic rings. The molecule has 0 aromatic heterocycles. The normalized spacial score (nSPS) is 13.8. The van der Waals surface area contributed by atoms with Crippen molar-refractivity contribution in [1.82, 2.24) is 0 Å². The summed E-state index contributed by atoms with van der Waals surface area (Å²) in [6, 6.07) is 0. The number of hydrogen-bond donors (Lipinski definition) is 1. The number of esters is 1. The summed E-state index contributed by atoms with van der Waals surface area (Å²) < 4.78 is 4.89. The minimum Gasteiger partial charge on any atom is -0.457 e. The molecule has 3 heteroatoms. The molecule has 0 heterocycles. The second-order valence-electron chi connectivity index (χ2n) is 2.53. The zero-order valence-electron chi connectivity index (χ0n) is 8.06. The second-order valence-corrected chi connectivity index (χ2v) is 2.53. The van der Waals surface area contributed by atoms with Crippen molar-refractivity contribution < 1.29 is 14.6 Å².